The van der Waals surface area contributed by atoms with Crippen molar-refractivity contribution >= 4 is 15.7 Å². The molecule has 0 aliphatic carbocycles. The van der Waals surface area contributed by atoms with E-state index in [0.717, 1.165) is 18.4 Å². The molecule has 0 amide bonds. The molecule has 0 spiro atoms. The first-order valence-corrected chi connectivity index (χ1v) is 7.83. The molecule has 1 aromatic carbocycles. The minimum atomic E-state index is -3.61. The van der Waals surface area contributed by atoms with Crippen LogP contribution in [0, 0.1) is 6.92 Å². The lowest BCUT2D eigenvalue weighted by Gasteiger charge is -2.08. The predicted octanol–water partition coefficient (Wildman–Crippen LogP) is 1.41. The number of nitrogens with two attached hydrogens (primary N) is 1. The summed E-state index contributed by atoms with van der Waals surface area (Å²) in [4.78, 5) is 0.157. The van der Waals surface area contributed by atoms with E-state index in [1.165, 1.54) is 6.20 Å². The zero-order valence-corrected chi connectivity index (χ0v) is 12.1. The van der Waals surface area contributed by atoms with E-state index in [1.54, 1.807) is 13.0 Å². The van der Waals surface area contributed by atoms with Crippen molar-refractivity contribution in [2.24, 2.45) is 5.73 Å². The summed E-state index contributed by atoms with van der Waals surface area (Å²) in [7, 11) is -3.61. The number of sulfonamides is 1. The van der Waals surface area contributed by atoms with E-state index in [-0.39, 0.29) is 4.90 Å². The van der Waals surface area contributed by atoms with Gasteiger partial charge in [-0.25, -0.2) is 8.42 Å². The van der Waals surface area contributed by atoms with E-state index in [4.69, 9.17) is 5.73 Å². The lowest BCUT2D eigenvalue weighted by Crippen LogP contribution is -2.13. The number of aryl methyl sites for hydroxylation is 2. The maximum Gasteiger partial charge on any atom is 0.265 e. The molecular formula is C13H18N4O2S. The van der Waals surface area contributed by atoms with Crippen LogP contribution in [-0.2, 0) is 16.4 Å². The van der Waals surface area contributed by atoms with Crippen molar-refractivity contribution in [2.45, 2.75) is 24.7 Å². The Morgan fingerprint density at radius 1 is 1.40 bits per heavy atom. The van der Waals surface area contributed by atoms with Gasteiger partial charge in [-0.2, -0.15) is 5.10 Å². The second-order valence-corrected chi connectivity index (χ2v) is 6.21. The Labute approximate surface area is 118 Å². The van der Waals surface area contributed by atoms with Gasteiger partial charge in [0.1, 0.15) is 4.90 Å². The fraction of sp³-hybridized carbons (Fsp3) is 0.308. The van der Waals surface area contributed by atoms with Crippen molar-refractivity contribution in [2.75, 3.05) is 11.3 Å². The molecule has 6 nitrogen and oxygen atoms in total. The van der Waals surface area contributed by atoms with Crippen LogP contribution in [0.25, 0.3) is 0 Å². The van der Waals surface area contributed by atoms with Crippen LogP contribution < -0.4 is 10.5 Å². The van der Waals surface area contributed by atoms with Crippen molar-refractivity contribution in [3.05, 3.63) is 41.7 Å². The summed E-state index contributed by atoms with van der Waals surface area (Å²) in [6.07, 6.45) is 3.00. The minimum Gasteiger partial charge on any atom is -0.330 e. The van der Waals surface area contributed by atoms with Gasteiger partial charge >= 0.3 is 0 Å². The highest BCUT2D eigenvalue weighted by molar-refractivity contribution is 7.92. The first-order valence-electron chi connectivity index (χ1n) is 6.35. The standard InChI is InChI=1S/C13H18N4O2S/c1-10-13(9-15-16-10)20(18,19)17-12-6-2-4-11(8-12)5-3-7-14/h2,4,6,8-9,17H,3,5,7,14H2,1H3,(H,15,16). The number of H-pyrrole nitrogens is 1. The summed E-state index contributed by atoms with van der Waals surface area (Å²) < 4.78 is 27.0. The van der Waals surface area contributed by atoms with Crippen LogP contribution in [0.2, 0.25) is 0 Å². The van der Waals surface area contributed by atoms with Gasteiger partial charge in [-0.1, -0.05) is 12.1 Å². The van der Waals surface area contributed by atoms with E-state index in [1.807, 2.05) is 18.2 Å². The van der Waals surface area contributed by atoms with Gasteiger partial charge in [0.2, 0.25) is 0 Å². The van der Waals surface area contributed by atoms with Gasteiger partial charge in [0.15, 0.2) is 0 Å². The van der Waals surface area contributed by atoms with Gasteiger partial charge in [0.25, 0.3) is 10.0 Å². The van der Waals surface area contributed by atoms with Crippen LogP contribution in [0.4, 0.5) is 5.69 Å². The topological polar surface area (TPSA) is 101 Å². The third-order valence-electron chi connectivity index (χ3n) is 2.92. The molecule has 1 heterocycles. The molecule has 1 aromatic heterocycles. The number of rotatable bonds is 6. The summed E-state index contributed by atoms with van der Waals surface area (Å²) >= 11 is 0. The van der Waals surface area contributed by atoms with Crippen LogP contribution in [0.3, 0.4) is 0 Å². The molecule has 0 atom stereocenters. The molecule has 2 rings (SSSR count). The number of anilines is 1. The second kappa shape index (κ2) is 6.06. The molecule has 0 aliphatic heterocycles. The van der Waals surface area contributed by atoms with Crippen LogP contribution in [0.15, 0.2) is 35.4 Å². The van der Waals surface area contributed by atoms with E-state index in [9.17, 15) is 8.42 Å². The summed E-state index contributed by atoms with van der Waals surface area (Å²) in [6.45, 7) is 2.28. The fourth-order valence-electron chi connectivity index (χ4n) is 1.92. The second-order valence-electron chi connectivity index (χ2n) is 4.56. The Balaban J connectivity index is 2.19. The lowest BCUT2D eigenvalue weighted by atomic mass is 10.1. The summed E-state index contributed by atoms with van der Waals surface area (Å²) in [6, 6.07) is 7.32. The van der Waals surface area contributed by atoms with E-state index >= 15 is 0 Å². The minimum absolute atomic E-state index is 0.157. The Kier molecular flexibility index (Phi) is 4.41. The molecule has 0 aliphatic rings. The highest BCUT2D eigenvalue weighted by Crippen LogP contribution is 2.18. The molecular weight excluding hydrogens is 276 g/mol. The normalized spacial score (nSPS) is 11.5. The largest absolute Gasteiger partial charge is 0.330 e. The molecule has 0 saturated carbocycles. The molecule has 4 N–H and O–H groups in total. The molecule has 108 valence electrons. The van der Waals surface area contributed by atoms with E-state index < -0.39 is 10.0 Å². The predicted molar refractivity (Wildman–Crippen MR) is 78.0 cm³/mol. The van der Waals surface area contributed by atoms with E-state index in [0.29, 0.717) is 17.9 Å². The van der Waals surface area contributed by atoms with Gasteiger partial charge < -0.3 is 5.73 Å². The average Bonchev–Trinajstić information content (AvgIpc) is 2.83. The molecule has 2 aromatic rings. The van der Waals surface area contributed by atoms with Crippen molar-refractivity contribution in [1.82, 2.24) is 10.2 Å². The number of hydrogen-bond donors (Lipinski definition) is 3. The van der Waals surface area contributed by atoms with E-state index in [2.05, 4.69) is 14.9 Å². The Morgan fingerprint density at radius 3 is 2.85 bits per heavy atom. The van der Waals surface area contributed by atoms with Crippen molar-refractivity contribution in [1.29, 1.82) is 0 Å². The first kappa shape index (κ1) is 14.5. The Morgan fingerprint density at radius 2 is 2.20 bits per heavy atom. The third kappa shape index (κ3) is 3.37. The van der Waals surface area contributed by atoms with Crippen molar-refractivity contribution in [3.63, 3.8) is 0 Å². The third-order valence-corrected chi connectivity index (χ3v) is 4.42. The lowest BCUT2D eigenvalue weighted by molar-refractivity contribution is 0.600. The molecule has 7 heteroatoms. The maximum absolute atomic E-state index is 12.2. The van der Waals surface area contributed by atoms with Crippen molar-refractivity contribution in [3.8, 4) is 0 Å². The average molecular weight is 294 g/mol. The quantitative estimate of drug-likeness (QED) is 0.749. The highest BCUT2D eigenvalue weighted by atomic mass is 32.2. The summed E-state index contributed by atoms with van der Waals surface area (Å²) in [5, 5.41) is 6.35. The maximum atomic E-state index is 12.2. The molecule has 20 heavy (non-hydrogen) atoms. The fourth-order valence-corrected chi connectivity index (χ4v) is 3.10. The molecule has 0 bridgehead atoms. The van der Waals surface area contributed by atoms with Crippen molar-refractivity contribution < 1.29 is 8.42 Å². The number of aromatic amines is 1. The smallest absolute Gasteiger partial charge is 0.265 e. The molecule has 0 radical (unpaired) electrons. The van der Waals surface area contributed by atoms with Crippen LogP contribution in [-0.4, -0.2) is 25.2 Å². The van der Waals surface area contributed by atoms with Gasteiger partial charge in [0, 0.05) is 5.69 Å². The van der Waals surface area contributed by atoms with Gasteiger partial charge in [0.05, 0.1) is 11.9 Å². The number of nitrogens with one attached hydrogen (secondary N) is 2. The number of nitrogens with zero attached hydrogens (tertiary/aromatic N) is 1. The van der Waals surface area contributed by atoms with Gasteiger partial charge in [-0.3, -0.25) is 9.82 Å². The SMILES string of the molecule is Cc1[nH]ncc1S(=O)(=O)Nc1cccc(CCCN)c1. The van der Waals surface area contributed by atoms with Crippen LogP contribution in [0.5, 0.6) is 0 Å². The molecule has 0 fully saturated rings. The number of hydrogen-bond acceptors (Lipinski definition) is 4. The number of aromatic nitrogens is 2. The zero-order chi connectivity index (χ0) is 14.6. The van der Waals surface area contributed by atoms with Gasteiger partial charge in [-0.05, 0) is 44.0 Å². The summed E-state index contributed by atoms with van der Waals surface area (Å²) in [5.74, 6) is 0. The Hall–Kier alpha value is -1.86. The molecule has 0 unspecified atom stereocenters. The highest BCUT2D eigenvalue weighted by Gasteiger charge is 2.18. The zero-order valence-electron chi connectivity index (χ0n) is 11.3. The van der Waals surface area contributed by atoms with Gasteiger partial charge in [-0.15, -0.1) is 0 Å². The monoisotopic (exact) mass is 294 g/mol. The number of benzene rings is 1. The molecule has 0 saturated heterocycles. The van der Waals surface area contributed by atoms with Crippen LogP contribution in [0.1, 0.15) is 17.7 Å². The first-order chi connectivity index (χ1) is 9.53. The van der Waals surface area contributed by atoms with Crippen LogP contribution >= 0.6 is 0 Å². The summed E-state index contributed by atoms with van der Waals surface area (Å²) in [5.41, 5.74) is 7.58. The Bertz CT molecular complexity index is 679.